The molecule has 2 amide bonds. The molecule has 0 aliphatic rings. The van der Waals surface area contributed by atoms with Gasteiger partial charge in [0.05, 0.1) is 0 Å². The summed E-state index contributed by atoms with van der Waals surface area (Å²) in [6, 6.07) is 17.4. The van der Waals surface area contributed by atoms with E-state index in [0.29, 0.717) is 18.2 Å². The second kappa shape index (κ2) is 11.5. The van der Waals surface area contributed by atoms with Gasteiger partial charge in [0, 0.05) is 35.6 Å². The van der Waals surface area contributed by atoms with Gasteiger partial charge in [0.2, 0.25) is 16.9 Å². The molecule has 6 nitrogen and oxygen atoms in total. The lowest BCUT2D eigenvalue weighted by Crippen LogP contribution is -2.33. The topological polar surface area (TPSA) is 75.2 Å². The van der Waals surface area contributed by atoms with Crippen molar-refractivity contribution < 1.29 is 9.59 Å². The average Bonchev–Trinajstić information content (AvgIpc) is 3.24. The Morgan fingerprint density at radius 1 is 1.06 bits per heavy atom. The summed E-state index contributed by atoms with van der Waals surface area (Å²) in [5.74, 6) is -0.300. The monoisotopic (exact) mass is 498 g/mol. The number of benzene rings is 2. The van der Waals surface area contributed by atoms with E-state index in [-0.39, 0.29) is 18.2 Å². The van der Waals surface area contributed by atoms with E-state index < -0.39 is 0 Å². The second-order valence-corrected chi connectivity index (χ2v) is 8.68. The van der Waals surface area contributed by atoms with E-state index >= 15 is 0 Å². The number of halogens is 1. The predicted octanol–water partition coefficient (Wildman–Crippen LogP) is 5.25. The predicted molar refractivity (Wildman–Crippen MR) is 129 cm³/mol. The molecule has 0 bridgehead atoms. The van der Waals surface area contributed by atoms with Crippen molar-refractivity contribution in [2.45, 2.75) is 19.8 Å². The van der Waals surface area contributed by atoms with Gasteiger partial charge in [-0.25, -0.2) is 0 Å². The Kier molecular flexibility index (Phi) is 8.49. The minimum Gasteiger partial charge on any atom is -0.339 e. The second-order valence-electron chi connectivity index (χ2n) is 6.79. The summed E-state index contributed by atoms with van der Waals surface area (Å²) in [6.07, 6.45) is 4.35. The highest BCUT2D eigenvalue weighted by atomic mass is 79.9. The Morgan fingerprint density at radius 2 is 1.81 bits per heavy atom. The lowest BCUT2D eigenvalue weighted by molar-refractivity contribution is -0.126. The van der Waals surface area contributed by atoms with Crippen molar-refractivity contribution in [1.29, 1.82) is 0 Å². The Labute approximate surface area is 194 Å². The Hall–Kier alpha value is -2.84. The molecule has 160 valence electrons. The molecule has 0 aliphatic carbocycles. The van der Waals surface area contributed by atoms with Crippen molar-refractivity contribution in [3.05, 3.63) is 70.7 Å². The van der Waals surface area contributed by atoms with Crippen LogP contribution in [0, 0.1) is 0 Å². The van der Waals surface area contributed by atoms with E-state index in [0.717, 1.165) is 27.0 Å². The molecule has 0 unspecified atom stereocenters. The molecule has 0 spiro atoms. The third-order valence-electron chi connectivity index (χ3n) is 4.39. The summed E-state index contributed by atoms with van der Waals surface area (Å²) < 4.78 is 0.985. The minimum atomic E-state index is -0.195. The first-order valence-electron chi connectivity index (χ1n) is 9.96. The van der Waals surface area contributed by atoms with E-state index in [2.05, 4.69) is 31.4 Å². The summed E-state index contributed by atoms with van der Waals surface area (Å²) in [6.45, 7) is 2.94. The van der Waals surface area contributed by atoms with E-state index in [1.54, 1.807) is 17.1 Å². The van der Waals surface area contributed by atoms with E-state index in [9.17, 15) is 9.59 Å². The molecule has 1 N–H and O–H groups in total. The largest absolute Gasteiger partial charge is 0.339 e. The molecule has 2 aromatic carbocycles. The maximum absolute atomic E-state index is 12.5. The number of aromatic nitrogens is 2. The zero-order valence-corrected chi connectivity index (χ0v) is 19.5. The first-order valence-corrected chi connectivity index (χ1v) is 11.6. The fourth-order valence-electron chi connectivity index (χ4n) is 2.84. The van der Waals surface area contributed by atoms with Gasteiger partial charge in [-0.05, 0) is 30.2 Å². The molecule has 1 heterocycles. The van der Waals surface area contributed by atoms with Crippen LogP contribution < -0.4 is 5.32 Å². The lowest BCUT2D eigenvalue weighted by Gasteiger charge is -2.20. The number of anilines is 1. The summed E-state index contributed by atoms with van der Waals surface area (Å²) in [7, 11) is 0. The highest BCUT2D eigenvalue weighted by molar-refractivity contribution is 9.10. The van der Waals surface area contributed by atoms with Gasteiger partial charge in [-0.1, -0.05) is 76.7 Å². The standard InChI is InChI=1S/C23H23BrN4O2S/c1-2-15-28(21(30)13-8-17-6-4-3-5-7-17)16-14-20(29)25-23-27-26-22(31-23)18-9-11-19(24)12-10-18/h3-13H,2,14-16H2,1H3,(H,25,27,29)/b13-8+. The smallest absolute Gasteiger partial charge is 0.246 e. The zero-order chi connectivity index (χ0) is 22.1. The fourth-order valence-corrected chi connectivity index (χ4v) is 3.87. The first-order chi connectivity index (χ1) is 15.0. The quantitative estimate of drug-likeness (QED) is 0.408. The number of nitrogens with zero attached hydrogens (tertiary/aromatic N) is 3. The van der Waals surface area contributed by atoms with E-state index in [1.165, 1.54) is 11.3 Å². The molecular weight excluding hydrogens is 476 g/mol. The fraction of sp³-hybridized carbons (Fsp3) is 0.217. The summed E-state index contributed by atoms with van der Waals surface area (Å²) in [4.78, 5) is 26.6. The van der Waals surface area contributed by atoms with Crippen LogP contribution in [0.3, 0.4) is 0 Å². The van der Waals surface area contributed by atoms with Crippen LogP contribution in [0.25, 0.3) is 16.6 Å². The van der Waals surface area contributed by atoms with Crippen molar-refractivity contribution >= 4 is 50.3 Å². The molecule has 0 saturated heterocycles. The van der Waals surface area contributed by atoms with Crippen LogP contribution in [0.1, 0.15) is 25.3 Å². The van der Waals surface area contributed by atoms with Gasteiger partial charge >= 0.3 is 0 Å². The van der Waals surface area contributed by atoms with Crippen LogP contribution >= 0.6 is 27.3 Å². The Bertz CT molecular complexity index is 1040. The number of carbonyl (C=O) groups excluding carboxylic acids is 2. The van der Waals surface area contributed by atoms with Gasteiger partial charge in [0.1, 0.15) is 5.01 Å². The zero-order valence-electron chi connectivity index (χ0n) is 17.1. The van der Waals surface area contributed by atoms with Gasteiger partial charge in [-0.15, -0.1) is 10.2 Å². The highest BCUT2D eigenvalue weighted by Gasteiger charge is 2.14. The van der Waals surface area contributed by atoms with Crippen LogP contribution in [0.2, 0.25) is 0 Å². The molecule has 0 aliphatic heterocycles. The summed E-state index contributed by atoms with van der Waals surface area (Å²) >= 11 is 4.72. The molecule has 0 radical (unpaired) electrons. The molecule has 31 heavy (non-hydrogen) atoms. The number of carbonyl (C=O) groups is 2. The molecule has 0 saturated carbocycles. The molecular formula is C23H23BrN4O2S. The van der Waals surface area contributed by atoms with Gasteiger partial charge in [0.25, 0.3) is 0 Å². The van der Waals surface area contributed by atoms with Crippen molar-refractivity contribution in [1.82, 2.24) is 15.1 Å². The van der Waals surface area contributed by atoms with E-state index in [1.807, 2.05) is 61.5 Å². The van der Waals surface area contributed by atoms with Gasteiger partial charge in [-0.3, -0.25) is 9.59 Å². The SMILES string of the molecule is CCCN(CCC(=O)Nc1nnc(-c2ccc(Br)cc2)s1)C(=O)/C=C/c1ccccc1. The maximum Gasteiger partial charge on any atom is 0.246 e. The normalized spacial score (nSPS) is 10.9. The summed E-state index contributed by atoms with van der Waals surface area (Å²) in [5, 5.41) is 12.1. The Balaban J connectivity index is 1.53. The van der Waals surface area contributed by atoms with Crippen molar-refractivity contribution in [3.63, 3.8) is 0 Å². The number of hydrogen-bond acceptors (Lipinski definition) is 5. The van der Waals surface area contributed by atoms with Crippen molar-refractivity contribution in [2.24, 2.45) is 0 Å². The molecule has 0 fully saturated rings. The molecule has 3 aromatic rings. The average molecular weight is 499 g/mol. The highest BCUT2D eigenvalue weighted by Crippen LogP contribution is 2.27. The third kappa shape index (κ3) is 7.11. The number of rotatable bonds is 9. The van der Waals surface area contributed by atoms with Crippen molar-refractivity contribution in [3.8, 4) is 10.6 Å². The molecule has 3 rings (SSSR count). The van der Waals surface area contributed by atoms with Crippen LogP contribution in [0.15, 0.2) is 65.1 Å². The van der Waals surface area contributed by atoms with Crippen LogP contribution in [-0.4, -0.2) is 40.0 Å². The lowest BCUT2D eigenvalue weighted by atomic mass is 10.2. The van der Waals surface area contributed by atoms with E-state index in [4.69, 9.17) is 0 Å². The van der Waals surface area contributed by atoms with Crippen molar-refractivity contribution in [2.75, 3.05) is 18.4 Å². The molecule has 0 atom stereocenters. The minimum absolute atomic E-state index is 0.105. The Morgan fingerprint density at radius 3 is 2.52 bits per heavy atom. The van der Waals surface area contributed by atoms with Gasteiger partial charge < -0.3 is 10.2 Å². The first kappa shape index (κ1) is 22.8. The summed E-state index contributed by atoms with van der Waals surface area (Å²) in [5.41, 5.74) is 1.90. The third-order valence-corrected chi connectivity index (χ3v) is 5.81. The van der Waals surface area contributed by atoms with Gasteiger partial charge in [0.15, 0.2) is 0 Å². The maximum atomic E-state index is 12.5. The van der Waals surface area contributed by atoms with Crippen LogP contribution in [0.5, 0.6) is 0 Å². The van der Waals surface area contributed by atoms with Crippen LogP contribution in [-0.2, 0) is 9.59 Å². The number of amides is 2. The van der Waals surface area contributed by atoms with Gasteiger partial charge in [-0.2, -0.15) is 0 Å². The molecule has 1 aromatic heterocycles. The molecule has 8 heteroatoms. The number of hydrogen-bond donors (Lipinski definition) is 1. The number of nitrogens with one attached hydrogen (secondary N) is 1. The van der Waals surface area contributed by atoms with Crippen LogP contribution in [0.4, 0.5) is 5.13 Å².